The number of anilines is 1. The Bertz CT molecular complexity index is 1510. The van der Waals surface area contributed by atoms with Crippen LogP contribution in [0.5, 0.6) is 0 Å². The molecule has 0 atom stereocenters. The van der Waals surface area contributed by atoms with Gasteiger partial charge in [0.25, 0.3) is 5.92 Å². The van der Waals surface area contributed by atoms with E-state index < -0.39 is 5.92 Å². The van der Waals surface area contributed by atoms with E-state index in [4.69, 9.17) is 21.5 Å². The second-order valence-corrected chi connectivity index (χ2v) is 10.1. The molecule has 0 unspecified atom stereocenters. The van der Waals surface area contributed by atoms with Crippen molar-refractivity contribution < 1.29 is 8.78 Å². The molecule has 0 bridgehead atoms. The van der Waals surface area contributed by atoms with Crippen LogP contribution >= 0.6 is 0 Å². The molecule has 1 aliphatic rings. The first-order valence-electron chi connectivity index (χ1n) is 13.2. The third-order valence-corrected chi connectivity index (χ3v) is 7.35. The maximum Gasteiger partial charge on any atom is 0.251 e. The summed E-state index contributed by atoms with van der Waals surface area (Å²) in [6.45, 7) is 7.41. The minimum absolute atomic E-state index is 0.157. The van der Waals surface area contributed by atoms with Crippen LogP contribution in [0.15, 0.2) is 53.6 Å². The summed E-state index contributed by atoms with van der Waals surface area (Å²) in [5.74, 6) is 4.01. The molecule has 2 aromatic heterocycles. The summed E-state index contributed by atoms with van der Waals surface area (Å²) in [4.78, 5) is 11.6. The maximum absolute atomic E-state index is 13.8. The van der Waals surface area contributed by atoms with Crippen molar-refractivity contribution in [3.05, 3.63) is 76.7 Å². The van der Waals surface area contributed by atoms with E-state index in [1.54, 1.807) is 0 Å². The number of fused-ring (bicyclic) bond motifs is 1. The molecule has 39 heavy (non-hydrogen) atoms. The van der Waals surface area contributed by atoms with E-state index in [0.29, 0.717) is 25.2 Å². The van der Waals surface area contributed by atoms with Gasteiger partial charge >= 0.3 is 0 Å². The van der Waals surface area contributed by atoms with E-state index >= 15 is 0 Å². The predicted octanol–water partition coefficient (Wildman–Crippen LogP) is 4.64. The highest BCUT2D eigenvalue weighted by Gasteiger charge is 2.34. The molecule has 4 aromatic rings. The van der Waals surface area contributed by atoms with Gasteiger partial charge in [-0.15, -0.1) is 5.10 Å². The predicted molar refractivity (Wildman–Crippen MR) is 152 cm³/mol. The zero-order chi connectivity index (χ0) is 27.7. The lowest BCUT2D eigenvalue weighted by Crippen LogP contribution is -2.39. The number of imidazole rings is 1. The van der Waals surface area contributed by atoms with Gasteiger partial charge in [0, 0.05) is 49.3 Å². The van der Waals surface area contributed by atoms with Gasteiger partial charge in [-0.05, 0) is 60.4 Å². The molecule has 0 amide bonds. The number of nitrogens with two attached hydrogens (primary N) is 2. The van der Waals surface area contributed by atoms with Crippen molar-refractivity contribution in [3.8, 4) is 11.1 Å². The van der Waals surface area contributed by atoms with Gasteiger partial charge in [0.1, 0.15) is 11.3 Å². The number of piperidine rings is 1. The quantitative estimate of drug-likeness (QED) is 0.138. The number of aromatic nitrogens is 3. The third-order valence-electron chi connectivity index (χ3n) is 7.35. The molecular weight excluding hydrogens is 498 g/mol. The summed E-state index contributed by atoms with van der Waals surface area (Å²) < 4.78 is 29.7. The fraction of sp³-hybridized carbons (Fsp3) is 0.345. The van der Waals surface area contributed by atoms with Crippen LogP contribution in [0.3, 0.4) is 0 Å². The summed E-state index contributed by atoms with van der Waals surface area (Å²) in [5, 5.41) is 3.96. The Hall–Kier alpha value is -4.05. The van der Waals surface area contributed by atoms with Crippen LogP contribution in [0, 0.1) is 13.8 Å². The fourth-order valence-corrected chi connectivity index (χ4v) is 5.27. The molecule has 0 saturated carbocycles. The highest BCUT2D eigenvalue weighted by molar-refractivity contribution is 6.04. The summed E-state index contributed by atoms with van der Waals surface area (Å²) in [6.07, 6.45) is 0.491. The molecule has 204 valence electrons. The van der Waals surface area contributed by atoms with E-state index in [1.807, 2.05) is 42.2 Å². The van der Waals surface area contributed by atoms with E-state index in [9.17, 15) is 8.78 Å². The Morgan fingerprint density at radius 1 is 1.05 bits per heavy atom. The SMILES string of the molecule is CCc1nc2c(C)cc(C)nc2n1Cc1ccc(-c2cc(N3CCC(F)(F)CC3)ccc2/C(N)=N/NN)cc1. The minimum atomic E-state index is -2.61. The van der Waals surface area contributed by atoms with Gasteiger partial charge in [-0.1, -0.05) is 31.2 Å². The van der Waals surface area contributed by atoms with E-state index in [1.165, 1.54) is 0 Å². The number of amidine groups is 1. The molecule has 3 heterocycles. The highest BCUT2D eigenvalue weighted by atomic mass is 19.3. The van der Waals surface area contributed by atoms with Gasteiger partial charge in [-0.3, -0.25) is 0 Å². The number of rotatable bonds is 7. The third kappa shape index (κ3) is 5.42. The van der Waals surface area contributed by atoms with Crippen molar-refractivity contribution in [2.45, 2.75) is 52.5 Å². The van der Waals surface area contributed by atoms with Gasteiger partial charge in [-0.2, -0.15) is 0 Å². The van der Waals surface area contributed by atoms with Gasteiger partial charge in [-0.25, -0.2) is 30.1 Å². The molecule has 10 heteroatoms. The molecule has 8 nitrogen and oxygen atoms in total. The molecule has 0 radical (unpaired) electrons. The number of pyridine rings is 1. The summed E-state index contributed by atoms with van der Waals surface area (Å²) >= 11 is 0. The Morgan fingerprint density at radius 2 is 1.77 bits per heavy atom. The van der Waals surface area contributed by atoms with Crippen molar-refractivity contribution >= 4 is 22.7 Å². The number of halogens is 2. The zero-order valence-corrected chi connectivity index (χ0v) is 22.5. The van der Waals surface area contributed by atoms with Crippen LogP contribution in [0.1, 0.15) is 48.0 Å². The smallest absolute Gasteiger partial charge is 0.251 e. The minimum Gasteiger partial charge on any atom is -0.382 e. The number of hydrogen-bond donors (Lipinski definition) is 3. The van der Waals surface area contributed by atoms with Crippen LogP contribution in [0.2, 0.25) is 0 Å². The van der Waals surface area contributed by atoms with Crippen LogP contribution < -0.4 is 22.0 Å². The van der Waals surface area contributed by atoms with E-state index in [0.717, 1.165) is 57.0 Å². The standard InChI is InChI=1S/C29H34F2N8/c1-4-25-35-26-18(2)15-19(3)34-28(26)39(25)17-20-5-7-21(8-6-20)24-16-22(9-10-23(24)27(32)36-37-33)38-13-11-29(30,31)12-14-38/h5-10,15-16,37H,4,11-14,17,33H2,1-3H3,(H2,32,36). The van der Waals surface area contributed by atoms with Gasteiger partial charge < -0.3 is 15.2 Å². The number of nitrogens with zero attached hydrogens (tertiary/aromatic N) is 5. The van der Waals surface area contributed by atoms with E-state index in [2.05, 4.69) is 47.2 Å². The first kappa shape index (κ1) is 26.6. The van der Waals surface area contributed by atoms with Crippen molar-refractivity contribution in [2.24, 2.45) is 16.7 Å². The second kappa shape index (κ2) is 10.6. The van der Waals surface area contributed by atoms with Crippen molar-refractivity contribution in [2.75, 3.05) is 18.0 Å². The van der Waals surface area contributed by atoms with Crippen LogP contribution in [-0.2, 0) is 13.0 Å². The lowest BCUT2D eigenvalue weighted by atomic mass is 9.96. The molecular formula is C29H34F2N8. The molecule has 1 fully saturated rings. The summed E-state index contributed by atoms with van der Waals surface area (Å²) in [7, 11) is 0. The number of nitrogens with one attached hydrogen (secondary N) is 1. The number of benzene rings is 2. The van der Waals surface area contributed by atoms with Crippen molar-refractivity contribution in [1.29, 1.82) is 0 Å². The first-order valence-corrected chi connectivity index (χ1v) is 13.2. The lowest BCUT2D eigenvalue weighted by Gasteiger charge is -2.33. The highest BCUT2D eigenvalue weighted by Crippen LogP contribution is 2.34. The van der Waals surface area contributed by atoms with Gasteiger partial charge in [0.05, 0.1) is 6.54 Å². The van der Waals surface area contributed by atoms with Crippen LogP contribution in [0.4, 0.5) is 14.5 Å². The average molecular weight is 533 g/mol. The maximum atomic E-state index is 13.8. The Morgan fingerprint density at radius 3 is 2.44 bits per heavy atom. The normalized spacial score (nSPS) is 15.6. The Balaban J connectivity index is 1.49. The molecule has 1 saturated heterocycles. The molecule has 2 aromatic carbocycles. The number of alkyl halides is 2. The topological polar surface area (TPSA) is 110 Å². The zero-order valence-electron chi connectivity index (χ0n) is 22.5. The van der Waals surface area contributed by atoms with E-state index in [-0.39, 0.29) is 18.7 Å². The summed E-state index contributed by atoms with van der Waals surface area (Å²) in [5.41, 5.74) is 16.9. The monoisotopic (exact) mass is 532 g/mol. The molecule has 0 spiro atoms. The number of hydrazone groups is 1. The largest absolute Gasteiger partial charge is 0.382 e. The second-order valence-electron chi connectivity index (χ2n) is 10.1. The fourth-order valence-electron chi connectivity index (χ4n) is 5.27. The Labute approximate surface area is 226 Å². The number of hydrogen-bond acceptors (Lipinski definition) is 6. The van der Waals surface area contributed by atoms with Crippen LogP contribution in [-0.4, -0.2) is 39.4 Å². The first-order chi connectivity index (χ1) is 18.7. The molecule has 0 aliphatic carbocycles. The molecule has 5 rings (SSSR count). The molecule has 5 N–H and O–H groups in total. The lowest BCUT2D eigenvalue weighted by molar-refractivity contribution is -0.0220. The number of aryl methyl sites for hydroxylation is 3. The average Bonchev–Trinajstić information content (AvgIpc) is 3.26. The van der Waals surface area contributed by atoms with Crippen molar-refractivity contribution in [3.63, 3.8) is 0 Å². The summed E-state index contributed by atoms with van der Waals surface area (Å²) in [6, 6.07) is 16.0. The van der Waals surface area contributed by atoms with Gasteiger partial charge in [0.2, 0.25) is 0 Å². The van der Waals surface area contributed by atoms with Crippen molar-refractivity contribution in [1.82, 2.24) is 20.1 Å². The van der Waals surface area contributed by atoms with Crippen LogP contribution in [0.25, 0.3) is 22.3 Å². The van der Waals surface area contributed by atoms with Gasteiger partial charge in [0.15, 0.2) is 11.5 Å². The Kier molecular flexibility index (Phi) is 7.22. The number of hydrazine groups is 1. The molecule has 1 aliphatic heterocycles.